The molecule has 5 heterocycles. The van der Waals surface area contributed by atoms with E-state index in [1.807, 2.05) is 6.92 Å². The minimum atomic E-state index is -4.48. The molecule has 0 saturated carbocycles. The predicted octanol–water partition coefficient (Wildman–Crippen LogP) is 3.02. The van der Waals surface area contributed by atoms with Crippen molar-refractivity contribution in [2.45, 2.75) is 25.7 Å². The minimum absolute atomic E-state index is 0.177. The molecule has 0 amide bonds. The number of pyridine rings is 1. The second kappa shape index (κ2) is 9.65. The molecule has 10 nitrogen and oxygen atoms in total. The maximum Gasteiger partial charge on any atom is 0.417 e. The predicted molar refractivity (Wildman–Crippen MR) is 132 cm³/mol. The highest BCUT2D eigenvalue weighted by Crippen LogP contribution is 2.31. The maximum atomic E-state index is 13.3. The standard InChI is InChI=1S/C24H25F3N10/c1-15-31-10-18(33-15)13-35-6-7-36(14-20(35)16(8-28)9-29)22-4-5-30-23(34-22)19-11-32-21-3-2-17(12-37(19)21)24(25,26)27/h2-5,8-12,20,28H,6-7,13-14,29H2,1H3,(H,31,33)/b16-9+,28-8?. The second-order valence-electron chi connectivity index (χ2n) is 8.76. The smallest absolute Gasteiger partial charge is 0.404 e. The van der Waals surface area contributed by atoms with Crippen LogP contribution in [0.1, 0.15) is 17.1 Å². The monoisotopic (exact) mass is 510 g/mol. The number of imidazole rings is 2. The fourth-order valence-electron chi connectivity index (χ4n) is 4.52. The van der Waals surface area contributed by atoms with Crippen LogP contribution in [0.3, 0.4) is 0 Å². The Labute approximate surface area is 210 Å². The Morgan fingerprint density at radius 3 is 2.73 bits per heavy atom. The van der Waals surface area contributed by atoms with Crippen molar-refractivity contribution in [1.29, 1.82) is 5.41 Å². The highest BCUT2D eigenvalue weighted by molar-refractivity contribution is 5.77. The van der Waals surface area contributed by atoms with Crippen LogP contribution in [0.15, 0.2) is 54.8 Å². The molecule has 192 valence electrons. The number of nitrogens with one attached hydrogen (secondary N) is 2. The van der Waals surface area contributed by atoms with Gasteiger partial charge in [-0.2, -0.15) is 13.2 Å². The molecule has 0 radical (unpaired) electrons. The van der Waals surface area contributed by atoms with Gasteiger partial charge in [-0.25, -0.2) is 19.9 Å². The molecule has 1 unspecified atom stereocenters. The first kappa shape index (κ1) is 24.4. The zero-order valence-corrected chi connectivity index (χ0v) is 19.9. The summed E-state index contributed by atoms with van der Waals surface area (Å²) in [5.74, 6) is 1.71. The van der Waals surface area contributed by atoms with Crippen LogP contribution in [0.25, 0.3) is 17.2 Å². The quantitative estimate of drug-likeness (QED) is 0.340. The summed E-state index contributed by atoms with van der Waals surface area (Å²) in [6.07, 6.45) is 4.05. The number of nitrogens with zero attached hydrogens (tertiary/aromatic N) is 7. The van der Waals surface area contributed by atoms with Gasteiger partial charge in [0, 0.05) is 68.5 Å². The highest BCUT2D eigenvalue weighted by atomic mass is 19.4. The van der Waals surface area contributed by atoms with E-state index in [1.165, 1.54) is 29.1 Å². The summed E-state index contributed by atoms with van der Waals surface area (Å²) < 4.78 is 41.2. The van der Waals surface area contributed by atoms with Crippen LogP contribution in [0, 0.1) is 12.3 Å². The summed E-state index contributed by atoms with van der Waals surface area (Å²) in [6.45, 7) is 4.32. The highest BCUT2D eigenvalue weighted by Gasteiger charge is 2.32. The van der Waals surface area contributed by atoms with Crippen molar-refractivity contribution < 1.29 is 13.2 Å². The van der Waals surface area contributed by atoms with E-state index in [0.29, 0.717) is 48.9 Å². The van der Waals surface area contributed by atoms with Gasteiger partial charge in [-0.05, 0) is 25.1 Å². The molecule has 13 heteroatoms. The van der Waals surface area contributed by atoms with Crippen molar-refractivity contribution in [3.8, 4) is 11.5 Å². The van der Waals surface area contributed by atoms with Crippen molar-refractivity contribution in [2.75, 3.05) is 24.5 Å². The number of H-pyrrole nitrogens is 1. The number of piperazine rings is 1. The first-order valence-corrected chi connectivity index (χ1v) is 11.6. The van der Waals surface area contributed by atoms with Crippen LogP contribution >= 0.6 is 0 Å². The summed E-state index contributed by atoms with van der Waals surface area (Å²) in [4.78, 5) is 25.0. The van der Waals surface area contributed by atoms with Crippen molar-refractivity contribution >= 4 is 17.7 Å². The number of nitrogens with two attached hydrogens (primary N) is 1. The second-order valence-corrected chi connectivity index (χ2v) is 8.76. The van der Waals surface area contributed by atoms with E-state index in [2.05, 4.69) is 34.7 Å². The van der Waals surface area contributed by atoms with Gasteiger partial charge in [-0.3, -0.25) is 9.30 Å². The van der Waals surface area contributed by atoms with Crippen molar-refractivity contribution in [3.63, 3.8) is 0 Å². The molecule has 1 atom stereocenters. The average Bonchev–Trinajstić information content (AvgIpc) is 3.50. The van der Waals surface area contributed by atoms with E-state index in [4.69, 9.17) is 11.1 Å². The largest absolute Gasteiger partial charge is 0.417 e. The zero-order valence-electron chi connectivity index (χ0n) is 19.9. The van der Waals surface area contributed by atoms with Crippen LogP contribution in [-0.4, -0.2) is 66.1 Å². The molecule has 4 aromatic rings. The summed E-state index contributed by atoms with van der Waals surface area (Å²) in [5.41, 5.74) is 7.41. The molecule has 4 aromatic heterocycles. The van der Waals surface area contributed by atoms with Gasteiger partial charge in [0.1, 0.15) is 23.0 Å². The number of fused-ring (bicyclic) bond motifs is 1. The normalized spacial score (nSPS) is 17.5. The fourth-order valence-corrected chi connectivity index (χ4v) is 4.52. The third-order valence-corrected chi connectivity index (χ3v) is 6.39. The Morgan fingerprint density at radius 1 is 1.19 bits per heavy atom. The number of aromatic amines is 1. The maximum absolute atomic E-state index is 13.3. The molecular weight excluding hydrogens is 485 g/mol. The summed E-state index contributed by atoms with van der Waals surface area (Å²) in [6, 6.07) is 3.90. The van der Waals surface area contributed by atoms with Crippen molar-refractivity contribution in [2.24, 2.45) is 5.73 Å². The van der Waals surface area contributed by atoms with Gasteiger partial charge in [0.2, 0.25) is 0 Å². The lowest BCUT2D eigenvalue weighted by atomic mass is 10.0. The van der Waals surface area contributed by atoms with Gasteiger partial charge in [0.05, 0.1) is 17.8 Å². The van der Waals surface area contributed by atoms with E-state index in [-0.39, 0.29) is 11.9 Å². The van der Waals surface area contributed by atoms with Crippen LogP contribution in [-0.2, 0) is 12.7 Å². The molecule has 1 aliphatic rings. The van der Waals surface area contributed by atoms with Gasteiger partial charge < -0.3 is 21.0 Å². The Balaban J connectivity index is 1.44. The van der Waals surface area contributed by atoms with Gasteiger partial charge in [0.25, 0.3) is 0 Å². The molecule has 37 heavy (non-hydrogen) atoms. The number of anilines is 1. The average molecular weight is 511 g/mol. The Bertz CT molecular complexity index is 1450. The van der Waals surface area contributed by atoms with E-state index in [1.54, 1.807) is 18.5 Å². The number of hydrogen-bond donors (Lipinski definition) is 3. The molecule has 1 fully saturated rings. The molecule has 0 aliphatic carbocycles. The van der Waals surface area contributed by atoms with E-state index >= 15 is 0 Å². The van der Waals surface area contributed by atoms with Gasteiger partial charge >= 0.3 is 6.18 Å². The molecule has 0 bridgehead atoms. The van der Waals surface area contributed by atoms with Crippen LogP contribution in [0.5, 0.6) is 0 Å². The van der Waals surface area contributed by atoms with E-state index in [9.17, 15) is 13.2 Å². The molecular formula is C24H25F3N10. The number of hydrogen-bond acceptors (Lipinski definition) is 8. The molecule has 0 spiro atoms. The third kappa shape index (κ3) is 4.89. The van der Waals surface area contributed by atoms with Crippen molar-refractivity contribution in [1.82, 2.24) is 34.2 Å². The van der Waals surface area contributed by atoms with Crippen LogP contribution in [0.4, 0.5) is 19.0 Å². The van der Waals surface area contributed by atoms with Crippen molar-refractivity contribution in [3.05, 3.63) is 71.8 Å². The number of rotatable bonds is 6. The number of aromatic nitrogens is 6. The first-order valence-electron chi connectivity index (χ1n) is 11.6. The van der Waals surface area contributed by atoms with Gasteiger partial charge in [-0.1, -0.05) is 0 Å². The number of aryl methyl sites for hydroxylation is 1. The summed E-state index contributed by atoms with van der Waals surface area (Å²) in [5, 5.41) is 7.85. The Kier molecular flexibility index (Phi) is 6.38. The van der Waals surface area contributed by atoms with E-state index < -0.39 is 11.7 Å². The zero-order chi connectivity index (χ0) is 26.2. The van der Waals surface area contributed by atoms with Gasteiger partial charge in [-0.15, -0.1) is 0 Å². The number of alkyl halides is 3. The van der Waals surface area contributed by atoms with Gasteiger partial charge in [0.15, 0.2) is 5.82 Å². The fraction of sp³-hybridized carbons (Fsp3) is 0.292. The molecule has 5 rings (SSSR count). The lowest BCUT2D eigenvalue weighted by Gasteiger charge is -2.42. The molecule has 0 aromatic carbocycles. The number of halogens is 3. The van der Waals surface area contributed by atoms with E-state index in [0.717, 1.165) is 23.8 Å². The Hall–Kier alpha value is -4.26. The minimum Gasteiger partial charge on any atom is -0.404 e. The van der Waals surface area contributed by atoms with Crippen LogP contribution in [0.2, 0.25) is 0 Å². The SMILES string of the molecule is Cc1ncc(CN2CCN(c3ccnc(-c4cnc5ccc(C(F)(F)F)cn45)n3)CC2/C(C=N)=C/N)[nH]1. The topological polar surface area (TPSA) is 128 Å². The first-order chi connectivity index (χ1) is 17.8. The molecule has 1 saturated heterocycles. The third-order valence-electron chi connectivity index (χ3n) is 6.39. The summed E-state index contributed by atoms with van der Waals surface area (Å²) in [7, 11) is 0. The Morgan fingerprint density at radius 2 is 2.03 bits per heavy atom. The lowest BCUT2D eigenvalue weighted by Crippen LogP contribution is -2.54. The van der Waals surface area contributed by atoms with Crippen LogP contribution < -0.4 is 10.6 Å². The summed E-state index contributed by atoms with van der Waals surface area (Å²) >= 11 is 0. The molecule has 4 N–H and O–H groups in total. The lowest BCUT2D eigenvalue weighted by molar-refractivity contribution is -0.137. The molecule has 1 aliphatic heterocycles.